The molecule has 0 aromatic carbocycles. The zero-order valence-corrected chi connectivity index (χ0v) is 16.6. The molecule has 0 bridgehead atoms. The molecule has 0 spiro atoms. The molecule has 0 radical (unpaired) electrons. The first-order chi connectivity index (χ1) is 12.0. The van der Waals surface area contributed by atoms with Crippen LogP contribution in [-0.4, -0.2) is 36.7 Å². The molecule has 0 unspecified atom stereocenters. The minimum atomic E-state index is -3.55. The lowest BCUT2D eigenvalue weighted by molar-refractivity contribution is -0.126. The van der Waals surface area contributed by atoms with Crippen LogP contribution in [0.1, 0.15) is 18.5 Å². The number of amides is 1. The molecule has 1 aliphatic heterocycles. The summed E-state index contributed by atoms with van der Waals surface area (Å²) in [5, 5.41) is 2.86. The normalized spacial score (nSPS) is 18.8. The van der Waals surface area contributed by atoms with Gasteiger partial charge in [0.25, 0.3) is 10.0 Å². The summed E-state index contributed by atoms with van der Waals surface area (Å²) in [4.78, 5) is 16.6. The van der Waals surface area contributed by atoms with Crippen LogP contribution in [-0.2, 0) is 21.4 Å². The van der Waals surface area contributed by atoms with Gasteiger partial charge in [0, 0.05) is 19.3 Å². The first-order valence-electron chi connectivity index (χ1n) is 7.90. The number of piperidine rings is 1. The number of hydrogen-bond donors (Lipinski definition) is 1. The summed E-state index contributed by atoms with van der Waals surface area (Å²) in [6.45, 7) is 1.01. The van der Waals surface area contributed by atoms with Gasteiger partial charge < -0.3 is 5.32 Å². The third-order valence-corrected chi connectivity index (χ3v) is 8.02. The van der Waals surface area contributed by atoms with Crippen molar-refractivity contribution in [1.82, 2.24) is 14.6 Å². The van der Waals surface area contributed by atoms with Gasteiger partial charge in [-0.05, 0) is 53.0 Å². The molecule has 3 rings (SSSR count). The first-order valence-corrected chi connectivity index (χ1v) is 10.9. The Morgan fingerprint density at radius 3 is 2.88 bits per heavy atom. The van der Waals surface area contributed by atoms with Crippen molar-refractivity contribution >= 4 is 43.2 Å². The fourth-order valence-corrected chi connectivity index (χ4v) is 6.45. The maximum Gasteiger partial charge on any atom is 0.252 e. The maximum absolute atomic E-state index is 12.7. The van der Waals surface area contributed by atoms with E-state index in [1.165, 1.54) is 15.6 Å². The van der Waals surface area contributed by atoms with Crippen molar-refractivity contribution < 1.29 is 13.2 Å². The third-order valence-electron chi connectivity index (χ3n) is 4.07. The largest absolute Gasteiger partial charge is 0.350 e. The van der Waals surface area contributed by atoms with Crippen molar-refractivity contribution in [3.05, 3.63) is 46.0 Å². The molecule has 9 heteroatoms. The van der Waals surface area contributed by atoms with Gasteiger partial charge in [-0.2, -0.15) is 4.31 Å². The second-order valence-corrected chi connectivity index (χ2v) is 10.4. The zero-order chi connectivity index (χ0) is 17.9. The minimum absolute atomic E-state index is 0.127. The Bertz CT molecular complexity index is 839. The number of carbonyl (C=O) groups is 1. The molecular weight excluding hydrogens is 426 g/mol. The van der Waals surface area contributed by atoms with Gasteiger partial charge in [0.2, 0.25) is 5.91 Å². The van der Waals surface area contributed by atoms with Gasteiger partial charge >= 0.3 is 0 Å². The standard InChI is InChI=1S/C16H18BrN3O3S2/c17-14-6-7-15(24-14)25(22,23)20-9-3-4-12(11-20)16(21)19-10-13-5-1-2-8-18-13/h1-2,5-8,12H,3-4,9-11H2,(H,19,21)/t12-/m1/s1. The number of nitrogens with one attached hydrogen (secondary N) is 1. The number of hydrogen-bond acceptors (Lipinski definition) is 5. The van der Waals surface area contributed by atoms with E-state index in [4.69, 9.17) is 0 Å². The van der Waals surface area contributed by atoms with Crippen LogP contribution in [0.25, 0.3) is 0 Å². The number of pyridine rings is 1. The molecule has 1 atom stereocenters. The van der Waals surface area contributed by atoms with Crippen molar-refractivity contribution in [2.75, 3.05) is 13.1 Å². The third kappa shape index (κ3) is 4.46. The number of rotatable bonds is 5. The second-order valence-electron chi connectivity index (χ2n) is 5.80. The molecule has 1 amide bonds. The Balaban J connectivity index is 1.63. The Labute approximate surface area is 159 Å². The Kier molecular flexibility index (Phi) is 5.88. The van der Waals surface area contributed by atoms with E-state index in [0.29, 0.717) is 30.1 Å². The van der Waals surface area contributed by atoms with Crippen molar-refractivity contribution in [1.29, 1.82) is 0 Å². The highest BCUT2D eigenvalue weighted by Crippen LogP contribution is 2.30. The predicted molar refractivity (Wildman–Crippen MR) is 99.6 cm³/mol. The smallest absolute Gasteiger partial charge is 0.252 e. The summed E-state index contributed by atoms with van der Waals surface area (Å²) in [5.74, 6) is -0.464. The highest BCUT2D eigenvalue weighted by Gasteiger charge is 2.33. The molecule has 0 saturated carbocycles. The van der Waals surface area contributed by atoms with Gasteiger partial charge in [-0.3, -0.25) is 9.78 Å². The van der Waals surface area contributed by atoms with E-state index in [1.54, 1.807) is 18.3 Å². The van der Waals surface area contributed by atoms with Crippen molar-refractivity contribution in [3.8, 4) is 0 Å². The van der Waals surface area contributed by atoms with Crippen LogP contribution < -0.4 is 5.32 Å². The number of carbonyl (C=O) groups excluding carboxylic acids is 1. The Morgan fingerprint density at radius 1 is 1.36 bits per heavy atom. The van der Waals surface area contributed by atoms with Crippen LogP contribution in [0.2, 0.25) is 0 Å². The zero-order valence-electron chi connectivity index (χ0n) is 13.4. The number of aromatic nitrogens is 1. The summed E-state index contributed by atoms with van der Waals surface area (Å²) in [6.07, 6.45) is 3.04. The van der Waals surface area contributed by atoms with Gasteiger partial charge in [0.1, 0.15) is 4.21 Å². The van der Waals surface area contributed by atoms with Gasteiger partial charge in [0.15, 0.2) is 0 Å². The van der Waals surface area contributed by atoms with Crippen molar-refractivity contribution in [3.63, 3.8) is 0 Å². The van der Waals surface area contributed by atoms with Crippen LogP contribution in [0.5, 0.6) is 0 Å². The lowest BCUT2D eigenvalue weighted by atomic mass is 9.99. The molecule has 1 aliphatic rings. The molecular formula is C16H18BrN3O3S2. The predicted octanol–water partition coefficient (Wildman–Crippen LogP) is 2.62. The fraction of sp³-hybridized carbons (Fsp3) is 0.375. The topological polar surface area (TPSA) is 79.4 Å². The van der Waals surface area contributed by atoms with E-state index in [9.17, 15) is 13.2 Å². The average Bonchev–Trinajstić information content (AvgIpc) is 3.08. The highest BCUT2D eigenvalue weighted by molar-refractivity contribution is 9.11. The van der Waals surface area contributed by atoms with Gasteiger partial charge in [-0.15, -0.1) is 11.3 Å². The molecule has 2 aromatic heterocycles. The van der Waals surface area contributed by atoms with Gasteiger partial charge in [0.05, 0.1) is 21.9 Å². The monoisotopic (exact) mass is 443 g/mol. The van der Waals surface area contributed by atoms with E-state index < -0.39 is 10.0 Å². The van der Waals surface area contributed by atoms with E-state index in [-0.39, 0.29) is 18.4 Å². The molecule has 1 N–H and O–H groups in total. The molecule has 1 fully saturated rings. The van der Waals surface area contributed by atoms with Crippen LogP contribution in [0.4, 0.5) is 0 Å². The molecule has 2 aromatic rings. The molecule has 0 aliphatic carbocycles. The minimum Gasteiger partial charge on any atom is -0.350 e. The molecule has 6 nitrogen and oxygen atoms in total. The summed E-state index contributed by atoms with van der Waals surface area (Å²) >= 11 is 4.48. The first kappa shape index (κ1) is 18.5. The number of nitrogens with zero attached hydrogens (tertiary/aromatic N) is 2. The van der Waals surface area contributed by atoms with Crippen molar-refractivity contribution in [2.45, 2.75) is 23.6 Å². The summed E-state index contributed by atoms with van der Waals surface area (Å²) < 4.78 is 27.9. The molecule has 3 heterocycles. The van der Waals surface area contributed by atoms with Crippen LogP contribution in [0.3, 0.4) is 0 Å². The average molecular weight is 444 g/mol. The fourth-order valence-electron chi connectivity index (χ4n) is 2.76. The Hall–Kier alpha value is -1.29. The lowest BCUT2D eigenvalue weighted by Gasteiger charge is -2.30. The second kappa shape index (κ2) is 7.94. The maximum atomic E-state index is 12.7. The van der Waals surface area contributed by atoms with Crippen molar-refractivity contribution in [2.24, 2.45) is 5.92 Å². The number of sulfonamides is 1. The van der Waals surface area contributed by atoms with E-state index in [2.05, 4.69) is 26.2 Å². The summed E-state index contributed by atoms with van der Waals surface area (Å²) in [6, 6.07) is 8.83. The van der Waals surface area contributed by atoms with Crippen LogP contribution in [0, 0.1) is 5.92 Å². The quantitative estimate of drug-likeness (QED) is 0.769. The van der Waals surface area contributed by atoms with Crippen LogP contribution >= 0.6 is 27.3 Å². The van der Waals surface area contributed by atoms with Gasteiger partial charge in [-0.25, -0.2) is 8.42 Å². The van der Waals surface area contributed by atoms with E-state index in [1.807, 2.05) is 18.2 Å². The van der Waals surface area contributed by atoms with Gasteiger partial charge in [-0.1, -0.05) is 6.07 Å². The number of halogens is 1. The SMILES string of the molecule is O=C(NCc1ccccn1)[C@@H]1CCCN(S(=O)(=O)c2ccc(Br)s2)C1. The van der Waals surface area contributed by atoms with E-state index >= 15 is 0 Å². The van der Waals surface area contributed by atoms with E-state index in [0.717, 1.165) is 9.48 Å². The van der Waals surface area contributed by atoms with Crippen LogP contribution in [0.15, 0.2) is 44.5 Å². The summed E-state index contributed by atoms with van der Waals surface area (Å²) in [7, 11) is -3.55. The molecule has 25 heavy (non-hydrogen) atoms. The molecule has 134 valence electrons. The number of thiophene rings is 1. The molecule has 1 saturated heterocycles. The Morgan fingerprint density at radius 2 is 2.20 bits per heavy atom. The lowest BCUT2D eigenvalue weighted by Crippen LogP contribution is -2.45. The highest BCUT2D eigenvalue weighted by atomic mass is 79.9. The summed E-state index contributed by atoms with van der Waals surface area (Å²) in [5.41, 5.74) is 0.777.